The van der Waals surface area contributed by atoms with Gasteiger partial charge in [-0.1, -0.05) is 12.1 Å². The van der Waals surface area contributed by atoms with Crippen molar-refractivity contribution in [2.45, 2.75) is 170 Å². The van der Waals surface area contributed by atoms with Gasteiger partial charge in [-0.3, -0.25) is 44.9 Å². The normalized spacial score (nSPS) is 10.6. The van der Waals surface area contributed by atoms with Crippen molar-refractivity contribution in [2.24, 2.45) is 0 Å². The van der Waals surface area contributed by atoms with E-state index in [1.165, 1.54) is 88.4 Å². The molecule has 30 heteroatoms. The summed E-state index contributed by atoms with van der Waals surface area (Å²) in [6.45, 7) is 43.1. The van der Waals surface area contributed by atoms with Crippen LogP contribution in [0, 0.1) is 96.9 Å². The molecule has 25 nitrogen and oxygen atoms in total. The van der Waals surface area contributed by atoms with Crippen molar-refractivity contribution in [1.82, 2.24) is 24.9 Å². The van der Waals surface area contributed by atoms with E-state index in [2.05, 4.69) is 69.0 Å². The van der Waals surface area contributed by atoms with Gasteiger partial charge in [0, 0.05) is 128 Å². The number of amides is 6. The third kappa shape index (κ3) is 32.0. The molecule has 0 saturated carbocycles. The van der Waals surface area contributed by atoms with Gasteiger partial charge < -0.3 is 54.1 Å². The third-order valence-electron chi connectivity index (χ3n) is 17.1. The average Bonchev–Trinajstić information content (AvgIpc) is 1.59. The summed E-state index contributed by atoms with van der Waals surface area (Å²) in [6.07, 6.45) is 2.18. The second-order valence-corrected chi connectivity index (χ2v) is 34.9. The van der Waals surface area contributed by atoms with Gasteiger partial charge in [0.1, 0.15) is 11.2 Å². The molecule has 122 heavy (non-hydrogen) atoms. The molecule has 0 spiro atoms. The lowest BCUT2D eigenvalue weighted by atomic mass is 9.99. The van der Waals surface area contributed by atoms with Crippen molar-refractivity contribution in [2.75, 3.05) is 66.4 Å². The molecule has 0 aliphatic carbocycles. The summed E-state index contributed by atoms with van der Waals surface area (Å²) >= 11 is 11.2. The molecular formula is C92H111ClN16O9S4. The van der Waals surface area contributed by atoms with Gasteiger partial charge in [-0.15, -0.1) is 56.9 Å². The highest BCUT2D eigenvalue weighted by atomic mass is 35.5. The molecule has 0 fully saturated rings. The fraction of sp³-hybridized carbons (Fsp3) is 0.283. The number of ketones is 1. The molecule has 16 N–H and O–H groups in total. The number of rotatable bonds is 13. The van der Waals surface area contributed by atoms with Crippen LogP contribution in [0.25, 0.3) is 45.0 Å². The Labute approximate surface area is 735 Å². The van der Waals surface area contributed by atoms with Crippen LogP contribution < -0.4 is 60.6 Å². The van der Waals surface area contributed by atoms with E-state index in [0.717, 1.165) is 123 Å². The minimum absolute atomic E-state index is 0.0266. The summed E-state index contributed by atoms with van der Waals surface area (Å²) in [6, 6.07) is 34.2. The number of carbonyl (C=O) groups excluding carboxylic acids is 7. The van der Waals surface area contributed by atoms with Gasteiger partial charge in [0.15, 0.2) is 26.3 Å². The Morgan fingerprint density at radius 3 is 0.934 bits per heavy atom. The highest BCUT2D eigenvalue weighted by Gasteiger charge is 2.22. The van der Waals surface area contributed by atoms with Gasteiger partial charge in [-0.05, 0) is 313 Å². The maximum atomic E-state index is 12.3. The number of ether oxygens (including phenoxy) is 2. The van der Waals surface area contributed by atoms with E-state index in [-0.39, 0.29) is 35.3 Å². The van der Waals surface area contributed by atoms with Gasteiger partial charge in [0.25, 0.3) is 5.91 Å². The Morgan fingerprint density at radius 1 is 0.361 bits per heavy atom. The predicted molar refractivity (Wildman–Crippen MR) is 508 cm³/mol. The highest BCUT2D eigenvalue weighted by Crippen LogP contribution is 2.37. The number of halogens is 1. The number of Topliss-reactive ketones (excluding diaryl/α,β-unsaturated/α-hetero) is 1. The SMILES string of the molecule is CC(=O)Nc1cc(C)c(-c2csc(N)n2)c(C)c1.CC(=O)Nc1cc(C)c(C(=O)CCl)c(C)c1.CC(=O)Nc1cc(C)cc(C)c1.Cc1cc(C)cc(N)c1.Cc1cc(N)cc(C)c1-c1csc(N)n1.Cc1cc(NC(=O)OC(C)(C)C)cc(C)c1-c1csc(N)n1.Cc1cc(NC(=O)OC(C)(C)C)cc(C)c1-c1csc(NC(=O)c2ccncc2)n1. The molecule has 0 aliphatic rings. The monoisotopic (exact) mass is 1750 g/mol. The van der Waals surface area contributed by atoms with Crippen molar-refractivity contribution in [1.29, 1.82) is 0 Å². The van der Waals surface area contributed by atoms with E-state index in [0.29, 0.717) is 48.7 Å². The van der Waals surface area contributed by atoms with Crippen molar-refractivity contribution in [3.8, 4) is 45.0 Å². The first kappa shape index (κ1) is 98.4. The maximum absolute atomic E-state index is 12.3. The molecule has 5 aromatic heterocycles. The minimum Gasteiger partial charge on any atom is -0.444 e. The molecule has 6 amide bonds. The number of pyridine rings is 1. The van der Waals surface area contributed by atoms with Crippen LogP contribution >= 0.6 is 56.9 Å². The second-order valence-electron chi connectivity index (χ2n) is 31.1. The number of aryl methyl sites for hydroxylation is 14. The number of thiazole rings is 4. The fourth-order valence-corrected chi connectivity index (χ4v) is 15.6. The largest absolute Gasteiger partial charge is 0.444 e. The van der Waals surface area contributed by atoms with Crippen molar-refractivity contribution >= 4 is 159 Å². The Bertz CT molecular complexity index is 5540. The fourth-order valence-electron chi connectivity index (χ4n) is 13.1. The van der Waals surface area contributed by atoms with Gasteiger partial charge in [0.2, 0.25) is 17.7 Å². The predicted octanol–water partition coefficient (Wildman–Crippen LogP) is 22.2. The number of alkyl halides is 1. The zero-order chi connectivity index (χ0) is 90.9. The summed E-state index contributed by atoms with van der Waals surface area (Å²) in [5, 5.41) is 26.5. The van der Waals surface area contributed by atoms with Crippen LogP contribution in [-0.4, -0.2) is 83.6 Å². The number of nitrogens with one attached hydrogen (secondary N) is 6. The standard InChI is InChI=1S/C22H24N4O3S.C16H21N3O2S.C13H15N3OS.C12H14ClNO2.C11H13N3S.C10H13NO.C8H11N/c1-13-10-16(24-21(28)29-22(3,4)5)11-14(2)18(13)17-12-30-20(25-17)26-19(27)15-6-8-23-9-7-15;1-9-6-11(18-15(20)21-16(3,4)5)7-10(2)13(9)12-8-22-14(17)19-12;1-7-4-10(15-9(3)17)5-8(2)12(7)11-6-18-13(14)16-11;1-7-4-10(14-9(3)15)5-8(2)12(7)11(16)6-13;1-6-3-8(12)4-7(2)10(6)9-5-15-11(13)14-9;1-7-4-8(2)6-10(5-7)11-9(3)12;1-6-3-7(2)5-8(9)4-6/h6-12H,1-5H3,(H,24,28)(H,25,26,27);6-8H,1-5H3,(H2,17,19)(H,18,20);4-6H,1-3H3,(H2,14,16)(H,15,17);4-5H,6H2,1-3H3,(H,14,15);3-5H,12H2,1-2H3,(H2,13,14);4-6H,1-3H3,(H,11,12);3-5H,9H2,1-2H3. The van der Waals surface area contributed by atoms with E-state index < -0.39 is 23.4 Å². The lowest BCUT2D eigenvalue weighted by molar-refractivity contribution is -0.115. The van der Waals surface area contributed by atoms with Crippen LogP contribution in [0.15, 0.2) is 143 Å². The van der Waals surface area contributed by atoms with Crippen LogP contribution in [0.2, 0.25) is 0 Å². The number of nitrogen functional groups attached to an aromatic ring is 5. The summed E-state index contributed by atoms with van der Waals surface area (Å²) in [5.41, 5.74) is 56.3. The topological polar surface area (TPSA) is 405 Å². The molecule has 0 bridgehead atoms. The first-order valence-electron chi connectivity index (χ1n) is 38.5. The van der Waals surface area contributed by atoms with Crippen LogP contribution in [0.1, 0.15) is 161 Å². The maximum Gasteiger partial charge on any atom is 0.412 e. The number of nitrogens with zero attached hydrogens (tertiary/aromatic N) is 5. The van der Waals surface area contributed by atoms with E-state index >= 15 is 0 Å². The third-order valence-corrected chi connectivity index (χ3v) is 20.1. The molecule has 644 valence electrons. The Kier molecular flexibility index (Phi) is 36.1. The summed E-state index contributed by atoms with van der Waals surface area (Å²) < 4.78 is 10.6. The summed E-state index contributed by atoms with van der Waals surface area (Å²) in [7, 11) is 0. The summed E-state index contributed by atoms with van der Waals surface area (Å²) in [4.78, 5) is 102. The van der Waals surface area contributed by atoms with Crippen molar-refractivity contribution in [3.05, 3.63) is 232 Å². The first-order valence-corrected chi connectivity index (χ1v) is 42.6. The molecular weight excluding hydrogens is 1640 g/mol. The molecule has 0 unspecified atom stereocenters. The zero-order valence-corrected chi connectivity index (χ0v) is 77.4. The molecule has 7 aromatic carbocycles. The molecule has 0 radical (unpaired) electrons. The lowest BCUT2D eigenvalue weighted by Crippen LogP contribution is -2.27. The Morgan fingerprint density at radius 2 is 0.639 bits per heavy atom. The molecule has 0 aliphatic heterocycles. The lowest BCUT2D eigenvalue weighted by Gasteiger charge is -2.20. The van der Waals surface area contributed by atoms with Crippen molar-refractivity contribution in [3.63, 3.8) is 0 Å². The van der Waals surface area contributed by atoms with E-state index in [1.807, 2.05) is 233 Å². The quantitative estimate of drug-likeness (QED) is 0.0290. The number of carbonyl (C=O) groups is 7. The average molecular weight is 1750 g/mol. The Balaban J connectivity index is 0.000000227. The second kappa shape index (κ2) is 44.8. The smallest absolute Gasteiger partial charge is 0.412 e. The highest BCUT2D eigenvalue weighted by molar-refractivity contribution is 7.14. The summed E-state index contributed by atoms with van der Waals surface area (Å²) in [5.74, 6) is -0.578. The van der Waals surface area contributed by atoms with E-state index in [9.17, 15) is 33.6 Å². The number of hydrogen-bond donors (Lipinski definition) is 11. The van der Waals surface area contributed by atoms with Crippen LogP contribution in [0.5, 0.6) is 0 Å². The number of nitrogens with two attached hydrogens (primary N) is 5. The van der Waals surface area contributed by atoms with Gasteiger partial charge >= 0.3 is 12.2 Å². The number of anilines is 11. The van der Waals surface area contributed by atoms with E-state index in [4.69, 9.17) is 49.7 Å². The molecule has 0 atom stereocenters. The van der Waals surface area contributed by atoms with Crippen LogP contribution in [0.3, 0.4) is 0 Å². The van der Waals surface area contributed by atoms with E-state index in [1.54, 1.807) is 36.7 Å². The number of hydrogen-bond acceptors (Lipinski definition) is 23. The van der Waals surface area contributed by atoms with Gasteiger partial charge in [-0.2, -0.15) is 0 Å². The number of benzene rings is 7. The Hall–Kier alpha value is -12.4. The molecule has 0 saturated heterocycles. The molecule has 12 rings (SSSR count). The number of aromatic nitrogens is 5. The van der Waals surface area contributed by atoms with Gasteiger partial charge in [-0.25, -0.2) is 29.5 Å². The molecule has 5 heterocycles. The first-order chi connectivity index (χ1) is 57.0. The van der Waals surface area contributed by atoms with Crippen LogP contribution in [-0.2, 0) is 23.9 Å². The van der Waals surface area contributed by atoms with Gasteiger partial charge in [0.05, 0.1) is 28.7 Å². The minimum atomic E-state index is -0.564. The molecule has 12 aromatic rings. The van der Waals surface area contributed by atoms with Crippen molar-refractivity contribution < 1.29 is 43.0 Å². The zero-order valence-electron chi connectivity index (χ0n) is 73.4. The van der Waals surface area contributed by atoms with Crippen LogP contribution in [0.4, 0.5) is 69.9 Å².